The normalized spacial score (nSPS) is 12.1. The third-order valence-electron chi connectivity index (χ3n) is 12.2. The second-order valence-corrected chi connectivity index (χ2v) is 17.4. The maximum atomic E-state index is 7.78. The number of thiophene rings is 1. The van der Waals surface area contributed by atoms with Crippen LogP contribution in [0, 0.1) is 0 Å². The standard InChI is InChI=1S/C58H39ClN4S/c59-50-38-47(39-54-58(50)63(45-23-11-4-12-24-45)53-27-15-14-26-52(53)61(54)43-19-7-2-8-20-43)60(46-32-29-41(30-33-46)40-17-5-1-6-18-40)57-36-35-51(62(57)44-21-9-3-10-22-44)42-31-34-49-48-25-13-16-28-55(48)64-56(49)37-42/h1-39H. The van der Waals surface area contributed by atoms with Crippen molar-refractivity contribution in [3.8, 4) is 28.1 Å². The lowest BCUT2D eigenvalue weighted by molar-refractivity contribution is 1.05. The topological polar surface area (TPSA) is 14.7 Å². The van der Waals surface area contributed by atoms with Crippen molar-refractivity contribution in [3.05, 3.63) is 242 Å². The molecule has 12 rings (SSSR count). The third kappa shape index (κ3) is 6.44. The van der Waals surface area contributed by atoms with E-state index in [4.69, 9.17) is 11.6 Å². The highest BCUT2D eigenvalue weighted by molar-refractivity contribution is 7.25. The van der Waals surface area contributed by atoms with E-state index < -0.39 is 0 Å². The fraction of sp³-hybridized carbons (Fsp3) is 0. The summed E-state index contributed by atoms with van der Waals surface area (Å²) in [6.07, 6.45) is 0. The van der Waals surface area contributed by atoms with E-state index in [0.29, 0.717) is 5.02 Å². The summed E-state index contributed by atoms with van der Waals surface area (Å²) in [7, 11) is 0. The Balaban J connectivity index is 1.11. The Hall–Kier alpha value is -7.83. The highest BCUT2D eigenvalue weighted by Crippen LogP contribution is 2.58. The molecule has 6 heteroatoms. The van der Waals surface area contributed by atoms with E-state index in [0.717, 1.165) is 73.8 Å². The van der Waals surface area contributed by atoms with Crippen molar-refractivity contribution in [3.63, 3.8) is 0 Å². The summed E-state index contributed by atoms with van der Waals surface area (Å²) in [6, 6.07) is 84.3. The molecule has 0 fully saturated rings. The number of anilines is 9. The van der Waals surface area contributed by atoms with Crippen LogP contribution in [0.1, 0.15) is 0 Å². The van der Waals surface area contributed by atoms with Crippen LogP contribution in [0.15, 0.2) is 237 Å². The maximum absolute atomic E-state index is 7.78. The Labute approximate surface area is 381 Å². The van der Waals surface area contributed by atoms with E-state index in [1.165, 1.54) is 25.7 Å². The molecule has 0 radical (unpaired) electrons. The van der Waals surface area contributed by atoms with Gasteiger partial charge in [-0.05, 0) is 108 Å². The van der Waals surface area contributed by atoms with Gasteiger partial charge in [0.05, 0.1) is 39.2 Å². The van der Waals surface area contributed by atoms with Gasteiger partial charge in [-0.25, -0.2) is 0 Å². The summed E-state index contributed by atoms with van der Waals surface area (Å²) >= 11 is 9.62. The van der Waals surface area contributed by atoms with E-state index in [9.17, 15) is 0 Å². The largest absolute Gasteiger partial charge is 0.306 e. The van der Waals surface area contributed by atoms with Crippen LogP contribution in [0.2, 0.25) is 5.02 Å². The maximum Gasteiger partial charge on any atom is 0.122 e. The molecule has 64 heavy (non-hydrogen) atoms. The number of benzene rings is 9. The first-order valence-electron chi connectivity index (χ1n) is 21.5. The average Bonchev–Trinajstić information content (AvgIpc) is 3.96. The molecular formula is C58H39ClN4S. The quantitative estimate of drug-likeness (QED) is 0.151. The van der Waals surface area contributed by atoms with Crippen molar-refractivity contribution in [2.75, 3.05) is 14.7 Å². The van der Waals surface area contributed by atoms with Gasteiger partial charge in [0.15, 0.2) is 0 Å². The molecule has 4 nitrogen and oxygen atoms in total. The Bertz CT molecular complexity index is 3460. The SMILES string of the molecule is Clc1cc(N(c2ccc(-c3ccccc3)cc2)c2ccc(-c3ccc4c(c3)sc3ccccc34)n2-c2ccccc2)cc2c1N(c1ccccc1)c1ccccc1N2c1ccccc1. The summed E-state index contributed by atoms with van der Waals surface area (Å²) in [5.74, 6) is 0.975. The number of rotatable bonds is 8. The molecule has 0 N–H and O–H groups in total. The van der Waals surface area contributed by atoms with Crippen LogP contribution in [0.3, 0.4) is 0 Å². The zero-order valence-electron chi connectivity index (χ0n) is 34.6. The van der Waals surface area contributed by atoms with Gasteiger partial charge in [-0.3, -0.25) is 9.47 Å². The Morgan fingerprint density at radius 2 is 0.922 bits per heavy atom. The number of fused-ring (bicyclic) bond motifs is 5. The number of hydrogen-bond acceptors (Lipinski definition) is 4. The molecule has 3 heterocycles. The molecule has 304 valence electrons. The number of aromatic nitrogens is 1. The van der Waals surface area contributed by atoms with Gasteiger partial charge >= 0.3 is 0 Å². The summed E-state index contributed by atoms with van der Waals surface area (Å²) in [5.41, 5.74) is 13.6. The first-order valence-corrected chi connectivity index (χ1v) is 22.6. The fourth-order valence-corrected chi connectivity index (χ4v) is 10.7. The number of hydrogen-bond donors (Lipinski definition) is 0. The van der Waals surface area contributed by atoms with Gasteiger partial charge < -0.3 is 9.80 Å². The Morgan fingerprint density at radius 1 is 0.375 bits per heavy atom. The zero-order valence-corrected chi connectivity index (χ0v) is 36.2. The molecule has 0 aliphatic carbocycles. The number of para-hydroxylation sites is 5. The van der Waals surface area contributed by atoms with Crippen molar-refractivity contribution in [1.82, 2.24) is 4.57 Å². The molecule has 9 aromatic carbocycles. The minimum Gasteiger partial charge on any atom is -0.306 e. The van der Waals surface area contributed by atoms with Gasteiger partial charge in [0.25, 0.3) is 0 Å². The molecule has 1 aliphatic heterocycles. The van der Waals surface area contributed by atoms with Crippen LogP contribution in [-0.2, 0) is 0 Å². The molecule has 11 aromatic rings. The molecule has 0 saturated carbocycles. The van der Waals surface area contributed by atoms with Gasteiger partial charge in [0, 0.05) is 48.5 Å². The van der Waals surface area contributed by atoms with Crippen LogP contribution < -0.4 is 14.7 Å². The van der Waals surface area contributed by atoms with E-state index >= 15 is 0 Å². The fourth-order valence-electron chi connectivity index (χ4n) is 9.29. The first kappa shape index (κ1) is 37.9. The lowest BCUT2D eigenvalue weighted by Crippen LogP contribution is -2.25. The van der Waals surface area contributed by atoms with Gasteiger partial charge in [-0.2, -0.15) is 0 Å². The van der Waals surface area contributed by atoms with Crippen LogP contribution in [0.25, 0.3) is 48.2 Å². The molecule has 0 unspecified atom stereocenters. The third-order valence-corrected chi connectivity index (χ3v) is 13.6. The van der Waals surface area contributed by atoms with Crippen LogP contribution in [0.5, 0.6) is 0 Å². The van der Waals surface area contributed by atoms with Gasteiger partial charge in [-0.15, -0.1) is 11.3 Å². The molecule has 1 aliphatic rings. The second-order valence-electron chi connectivity index (χ2n) is 15.9. The molecule has 0 spiro atoms. The predicted octanol–water partition coefficient (Wildman–Crippen LogP) is 17.6. The van der Waals surface area contributed by atoms with Gasteiger partial charge in [0.2, 0.25) is 0 Å². The summed E-state index contributed by atoms with van der Waals surface area (Å²) < 4.78 is 4.94. The van der Waals surface area contributed by atoms with Crippen molar-refractivity contribution >= 4 is 94.4 Å². The summed E-state index contributed by atoms with van der Waals surface area (Å²) in [5, 5.41) is 3.20. The van der Waals surface area contributed by atoms with Crippen molar-refractivity contribution in [1.29, 1.82) is 0 Å². The van der Waals surface area contributed by atoms with Crippen LogP contribution >= 0.6 is 22.9 Å². The zero-order chi connectivity index (χ0) is 42.6. The molecule has 0 atom stereocenters. The Kier molecular flexibility index (Phi) is 9.36. The van der Waals surface area contributed by atoms with Crippen molar-refractivity contribution < 1.29 is 0 Å². The van der Waals surface area contributed by atoms with Crippen LogP contribution in [0.4, 0.5) is 51.3 Å². The van der Waals surface area contributed by atoms with Crippen molar-refractivity contribution in [2.45, 2.75) is 0 Å². The lowest BCUT2D eigenvalue weighted by Gasteiger charge is -2.41. The summed E-state index contributed by atoms with van der Waals surface area (Å²) in [6.45, 7) is 0. The minimum atomic E-state index is 0.631. The van der Waals surface area contributed by atoms with Gasteiger partial charge in [0.1, 0.15) is 5.82 Å². The van der Waals surface area contributed by atoms with E-state index in [1.54, 1.807) is 0 Å². The van der Waals surface area contributed by atoms with Crippen LogP contribution in [-0.4, -0.2) is 4.57 Å². The lowest BCUT2D eigenvalue weighted by atomic mass is 10.0. The molecule has 0 amide bonds. The average molecular weight is 859 g/mol. The van der Waals surface area contributed by atoms with Gasteiger partial charge in [-0.1, -0.05) is 151 Å². The Morgan fingerprint density at radius 3 is 1.62 bits per heavy atom. The highest BCUT2D eigenvalue weighted by atomic mass is 35.5. The van der Waals surface area contributed by atoms with E-state index in [2.05, 4.69) is 256 Å². The predicted molar refractivity (Wildman–Crippen MR) is 272 cm³/mol. The van der Waals surface area contributed by atoms with E-state index in [1.807, 2.05) is 11.3 Å². The summed E-state index contributed by atoms with van der Waals surface area (Å²) in [4.78, 5) is 6.99. The highest BCUT2D eigenvalue weighted by Gasteiger charge is 2.34. The van der Waals surface area contributed by atoms with E-state index in [-0.39, 0.29) is 0 Å². The molecule has 0 bridgehead atoms. The molecule has 2 aromatic heterocycles. The monoisotopic (exact) mass is 858 g/mol. The minimum absolute atomic E-state index is 0.631. The molecular weight excluding hydrogens is 820 g/mol. The first-order chi connectivity index (χ1) is 31.7. The second kappa shape index (κ2) is 15.8. The number of halogens is 1. The smallest absolute Gasteiger partial charge is 0.122 e. The molecule has 0 saturated heterocycles. The van der Waals surface area contributed by atoms with Crippen molar-refractivity contribution in [2.24, 2.45) is 0 Å². The number of nitrogens with zero attached hydrogens (tertiary/aromatic N) is 4.